The highest BCUT2D eigenvalue weighted by molar-refractivity contribution is 6.30. The van der Waals surface area contributed by atoms with E-state index >= 15 is 0 Å². The Balaban J connectivity index is 0.00000353. The molecule has 2 amide bonds. The van der Waals surface area contributed by atoms with Crippen LogP contribution in [0.4, 0.5) is 17.1 Å². The van der Waals surface area contributed by atoms with E-state index in [9.17, 15) is 14.7 Å². The number of halogens is 2. The number of hydrogen-bond acceptors (Lipinski definition) is 4. The molecule has 1 fully saturated rings. The highest BCUT2D eigenvalue weighted by Gasteiger charge is 2.26. The second-order valence-electron chi connectivity index (χ2n) is 9.57. The molecule has 6 nitrogen and oxygen atoms in total. The molecule has 3 aromatic carbocycles. The summed E-state index contributed by atoms with van der Waals surface area (Å²) in [6.07, 6.45) is 7.88. The summed E-state index contributed by atoms with van der Waals surface area (Å²) in [4.78, 5) is 27.0. The van der Waals surface area contributed by atoms with E-state index in [0.717, 1.165) is 29.8 Å². The minimum absolute atomic E-state index is 0. The van der Waals surface area contributed by atoms with E-state index in [1.165, 1.54) is 31.0 Å². The summed E-state index contributed by atoms with van der Waals surface area (Å²) < 4.78 is 0. The Morgan fingerprint density at radius 3 is 2.33 bits per heavy atom. The van der Waals surface area contributed by atoms with Gasteiger partial charge >= 0.3 is 0 Å². The maximum absolute atomic E-state index is 12.8. The van der Waals surface area contributed by atoms with Crippen molar-refractivity contribution in [3.63, 3.8) is 0 Å². The van der Waals surface area contributed by atoms with Crippen LogP contribution in [0.5, 0.6) is 0 Å². The maximum Gasteiger partial charge on any atom is 0.253 e. The van der Waals surface area contributed by atoms with Crippen LogP contribution >= 0.6 is 24.0 Å². The second kappa shape index (κ2) is 13.0. The van der Waals surface area contributed by atoms with E-state index in [2.05, 4.69) is 39.8 Å². The number of aliphatic hydroxyl groups is 1. The molecule has 0 saturated carbocycles. The fourth-order valence-electron chi connectivity index (χ4n) is 4.94. The molecule has 39 heavy (non-hydrogen) atoms. The van der Waals surface area contributed by atoms with Gasteiger partial charge in [-0.2, -0.15) is 0 Å². The van der Waals surface area contributed by atoms with E-state index in [4.69, 9.17) is 11.6 Å². The van der Waals surface area contributed by atoms with Crippen LogP contribution < -0.4 is 15.5 Å². The van der Waals surface area contributed by atoms with Gasteiger partial charge in [0.2, 0.25) is 5.91 Å². The lowest BCUT2D eigenvalue weighted by molar-refractivity contribution is -0.124. The zero-order valence-corrected chi connectivity index (χ0v) is 23.0. The molecular weight excluding hydrogens is 533 g/mol. The van der Waals surface area contributed by atoms with Gasteiger partial charge < -0.3 is 20.6 Å². The number of allylic oxidation sites excluding steroid dienone is 2. The summed E-state index contributed by atoms with van der Waals surface area (Å²) in [6, 6.07) is 21.5. The number of nitrogens with zero attached hydrogens (tertiary/aromatic N) is 1. The van der Waals surface area contributed by atoms with Crippen LogP contribution in [0.3, 0.4) is 0 Å². The third kappa shape index (κ3) is 6.90. The molecule has 2 heterocycles. The van der Waals surface area contributed by atoms with Crippen LogP contribution in [0.15, 0.2) is 85.0 Å². The first-order valence-corrected chi connectivity index (χ1v) is 13.3. The van der Waals surface area contributed by atoms with Crippen molar-refractivity contribution in [1.82, 2.24) is 0 Å². The zero-order valence-electron chi connectivity index (χ0n) is 21.4. The van der Waals surface area contributed by atoms with Gasteiger partial charge in [0, 0.05) is 53.2 Å². The van der Waals surface area contributed by atoms with E-state index in [1.807, 2.05) is 30.3 Å². The first kappa shape index (κ1) is 28.4. The van der Waals surface area contributed by atoms with Gasteiger partial charge in [-0.15, -0.1) is 12.4 Å². The molecule has 0 aromatic heterocycles. The first-order chi connectivity index (χ1) is 18.5. The molecule has 0 radical (unpaired) electrons. The number of carbonyl (C=O) groups excluding carboxylic acids is 2. The Labute approximate surface area is 239 Å². The van der Waals surface area contributed by atoms with Gasteiger partial charge in [-0.05, 0) is 72.4 Å². The Morgan fingerprint density at radius 2 is 1.64 bits per heavy atom. The molecule has 1 unspecified atom stereocenters. The fraction of sp³-hybridized carbons (Fsp3) is 0.226. The zero-order chi connectivity index (χ0) is 26.5. The van der Waals surface area contributed by atoms with Crippen LogP contribution in [0.25, 0.3) is 5.57 Å². The van der Waals surface area contributed by atoms with Crippen LogP contribution in [-0.2, 0) is 16.0 Å². The summed E-state index contributed by atoms with van der Waals surface area (Å²) in [7, 11) is 0. The molecule has 3 N–H and O–H groups in total. The summed E-state index contributed by atoms with van der Waals surface area (Å²) in [5, 5.41) is 16.2. The van der Waals surface area contributed by atoms with E-state index in [0.29, 0.717) is 22.0 Å². The normalized spacial score (nSPS) is 17.3. The third-order valence-corrected chi connectivity index (χ3v) is 7.21. The van der Waals surface area contributed by atoms with Crippen LogP contribution in [-0.4, -0.2) is 36.1 Å². The molecule has 0 bridgehead atoms. The van der Waals surface area contributed by atoms with Crippen molar-refractivity contribution in [2.24, 2.45) is 0 Å². The van der Waals surface area contributed by atoms with E-state index < -0.39 is 12.0 Å². The Bertz CT molecular complexity index is 1380. The summed E-state index contributed by atoms with van der Waals surface area (Å²) in [6.45, 7) is 2.18. The minimum Gasteiger partial charge on any atom is -0.383 e. The molecule has 0 spiro atoms. The lowest BCUT2D eigenvalue weighted by Crippen LogP contribution is -2.34. The van der Waals surface area contributed by atoms with Gasteiger partial charge in [0.15, 0.2) is 0 Å². The maximum atomic E-state index is 12.8. The number of fused-ring (bicyclic) bond motifs is 1. The molecule has 1 saturated heterocycles. The van der Waals surface area contributed by atoms with Crippen molar-refractivity contribution >= 4 is 58.5 Å². The van der Waals surface area contributed by atoms with Crippen LogP contribution in [0, 0.1) is 0 Å². The van der Waals surface area contributed by atoms with Crippen molar-refractivity contribution in [2.45, 2.75) is 31.8 Å². The predicted octanol–water partition coefficient (Wildman–Crippen LogP) is 6.23. The molecule has 8 heteroatoms. The van der Waals surface area contributed by atoms with Crippen molar-refractivity contribution in [1.29, 1.82) is 0 Å². The topological polar surface area (TPSA) is 81.7 Å². The predicted molar refractivity (Wildman–Crippen MR) is 161 cm³/mol. The lowest BCUT2D eigenvalue weighted by Gasteiger charge is -2.29. The van der Waals surface area contributed by atoms with Crippen molar-refractivity contribution < 1.29 is 14.7 Å². The van der Waals surface area contributed by atoms with Gasteiger partial charge in [0.25, 0.3) is 5.91 Å². The number of carbonyl (C=O) groups is 2. The quantitative estimate of drug-likeness (QED) is 0.245. The minimum atomic E-state index is -1.14. The van der Waals surface area contributed by atoms with E-state index in [-0.39, 0.29) is 24.7 Å². The summed E-state index contributed by atoms with van der Waals surface area (Å²) in [5.41, 5.74) is 6.09. The largest absolute Gasteiger partial charge is 0.383 e. The first-order valence-electron chi connectivity index (χ1n) is 12.9. The van der Waals surface area contributed by atoms with Crippen molar-refractivity contribution in [3.05, 3.63) is 107 Å². The van der Waals surface area contributed by atoms with Gasteiger partial charge in [0.1, 0.15) is 6.10 Å². The van der Waals surface area contributed by atoms with Crippen molar-refractivity contribution in [3.8, 4) is 0 Å². The van der Waals surface area contributed by atoms with Crippen LogP contribution in [0.1, 0.15) is 36.0 Å². The summed E-state index contributed by atoms with van der Waals surface area (Å²) in [5.74, 6) is -0.748. The van der Waals surface area contributed by atoms with Gasteiger partial charge in [-0.3, -0.25) is 9.59 Å². The SMILES string of the molecule is Cl.O=C(/C=C/C=C(/c1ccc(Cl)cc1)c1ccc(N2CCCCC2)cc1)Nc1cccc2c1CC(O)C(=O)N2. The number of rotatable bonds is 6. The van der Waals surface area contributed by atoms with Crippen molar-refractivity contribution in [2.75, 3.05) is 28.6 Å². The second-order valence-corrected chi connectivity index (χ2v) is 10.0. The standard InChI is InChI=1S/C31H30ClN3O3.ClH/c32-23-14-10-21(11-15-23)25(22-12-16-24(17-13-22)35-18-2-1-3-19-35)6-4-9-30(37)33-27-7-5-8-28-26(27)20-29(36)31(38)34-28;/h4-17,29,36H,1-3,18-20H2,(H,33,37)(H,34,38);1H/b9-4+,25-6-;. The Morgan fingerprint density at radius 1 is 0.974 bits per heavy atom. The number of anilines is 3. The molecule has 3 aromatic rings. The average Bonchev–Trinajstić information content (AvgIpc) is 2.93. The number of benzene rings is 3. The van der Waals surface area contributed by atoms with Crippen LogP contribution in [0.2, 0.25) is 5.02 Å². The summed E-state index contributed by atoms with van der Waals surface area (Å²) >= 11 is 6.13. The molecule has 2 aliphatic heterocycles. The lowest BCUT2D eigenvalue weighted by atomic mass is 9.97. The molecule has 202 valence electrons. The fourth-order valence-corrected chi connectivity index (χ4v) is 5.07. The number of aliphatic hydroxyl groups excluding tert-OH is 1. The average molecular weight is 565 g/mol. The molecule has 2 aliphatic rings. The number of piperidine rings is 1. The Hall–Kier alpha value is -3.58. The number of nitrogens with one attached hydrogen (secondary N) is 2. The molecular formula is C31H31Cl2N3O3. The van der Waals surface area contributed by atoms with Gasteiger partial charge in [0.05, 0.1) is 0 Å². The third-order valence-electron chi connectivity index (χ3n) is 6.96. The number of amides is 2. The number of hydrogen-bond donors (Lipinski definition) is 3. The molecule has 5 rings (SSSR count). The van der Waals surface area contributed by atoms with E-state index in [1.54, 1.807) is 24.3 Å². The van der Waals surface area contributed by atoms with Gasteiger partial charge in [-0.25, -0.2) is 0 Å². The monoisotopic (exact) mass is 563 g/mol. The highest BCUT2D eigenvalue weighted by Crippen LogP contribution is 2.30. The highest BCUT2D eigenvalue weighted by atomic mass is 35.5. The molecule has 1 atom stereocenters. The Kier molecular flexibility index (Phi) is 9.46. The molecule has 0 aliphatic carbocycles. The smallest absolute Gasteiger partial charge is 0.253 e. The van der Waals surface area contributed by atoms with Gasteiger partial charge in [-0.1, -0.05) is 54.1 Å².